The molecule has 2 amide bonds. The van der Waals surface area contributed by atoms with Crippen LogP contribution in [0.3, 0.4) is 0 Å². The number of ether oxygens (including phenoxy) is 2. The molecule has 1 aliphatic carbocycles. The second kappa shape index (κ2) is 10.0. The number of fused-ring (bicyclic) bond motifs is 3. The number of carbonyl (C=O) groups excluding carboxylic acids is 2. The smallest absolute Gasteiger partial charge is 0.407 e. The van der Waals surface area contributed by atoms with Crippen molar-refractivity contribution in [2.75, 3.05) is 26.3 Å². The van der Waals surface area contributed by atoms with Gasteiger partial charge >= 0.3 is 12.1 Å². The number of hydrogen-bond donors (Lipinski definition) is 3. The number of amides is 2. The lowest BCUT2D eigenvalue weighted by Gasteiger charge is -2.20. The minimum absolute atomic E-state index is 0.0206. The summed E-state index contributed by atoms with van der Waals surface area (Å²) in [4.78, 5) is 35.7. The summed E-state index contributed by atoms with van der Waals surface area (Å²) in [6.45, 7) is 2.42. The third kappa shape index (κ3) is 5.01. The Labute approximate surface area is 192 Å². The van der Waals surface area contributed by atoms with Crippen LogP contribution in [0, 0.1) is 11.8 Å². The van der Waals surface area contributed by atoms with Gasteiger partial charge in [-0.05, 0) is 28.7 Å². The van der Waals surface area contributed by atoms with Crippen LogP contribution in [0.5, 0.6) is 0 Å². The number of rotatable bonds is 8. The quantitative estimate of drug-likeness (QED) is 0.568. The summed E-state index contributed by atoms with van der Waals surface area (Å²) in [5.41, 5.74) is 4.61. The molecule has 0 spiro atoms. The van der Waals surface area contributed by atoms with E-state index in [9.17, 15) is 14.4 Å². The SMILES string of the molecule is CC(CNC(=O)[C@H]1OCC[C@H]1CNC(=O)OCC1c2ccccc2-c2ccccc21)C(=O)O. The highest BCUT2D eigenvalue weighted by Crippen LogP contribution is 2.44. The zero-order valence-corrected chi connectivity index (χ0v) is 18.5. The minimum Gasteiger partial charge on any atom is -0.481 e. The number of benzene rings is 2. The molecule has 0 saturated carbocycles. The van der Waals surface area contributed by atoms with E-state index >= 15 is 0 Å². The molecular weight excluding hydrogens is 424 g/mol. The van der Waals surface area contributed by atoms with Gasteiger partial charge in [-0.2, -0.15) is 0 Å². The summed E-state index contributed by atoms with van der Waals surface area (Å²) in [6.07, 6.45) is -0.641. The second-order valence-electron chi connectivity index (χ2n) is 8.53. The molecule has 3 N–H and O–H groups in total. The van der Waals surface area contributed by atoms with Crippen LogP contribution in [-0.4, -0.2) is 55.5 Å². The first-order valence-electron chi connectivity index (χ1n) is 11.2. The molecule has 174 valence electrons. The van der Waals surface area contributed by atoms with Crippen LogP contribution in [0.2, 0.25) is 0 Å². The van der Waals surface area contributed by atoms with E-state index in [1.165, 1.54) is 6.92 Å². The zero-order valence-electron chi connectivity index (χ0n) is 18.5. The average molecular weight is 453 g/mol. The zero-order chi connectivity index (χ0) is 23.4. The van der Waals surface area contributed by atoms with Gasteiger partial charge in [-0.25, -0.2) is 4.79 Å². The Hall–Kier alpha value is -3.39. The molecule has 2 aromatic carbocycles. The Kier molecular flexibility index (Phi) is 6.93. The number of alkyl carbamates (subject to hydrolysis) is 1. The summed E-state index contributed by atoms with van der Waals surface area (Å²) in [5, 5.41) is 14.3. The maximum absolute atomic E-state index is 12.4. The maximum atomic E-state index is 12.4. The fourth-order valence-electron chi connectivity index (χ4n) is 4.44. The maximum Gasteiger partial charge on any atom is 0.407 e. The van der Waals surface area contributed by atoms with Crippen molar-refractivity contribution in [2.24, 2.45) is 11.8 Å². The fourth-order valence-corrected chi connectivity index (χ4v) is 4.44. The fraction of sp³-hybridized carbons (Fsp3) is 0.400. The highest BCUT2D eigenvalue weighted by atomic mass is 16.5. The Morgan fingerprint density at radius 2 is 1.70 bits per heavy atom. The first kappa shape index (κ1) is 22.8. The number of carbonyl (C=O) groups is 3. The molecule has 1 fully saturated rings. The highest BCUT2D eigenvalue weighted by molar-refractivity contribution is 5.82. The van der Waals surface area contributed by atoms with Gasteiger partial charge in [-0.1, -0.05) is 55.5 Å². The van der Waals surface area contributed by atoms with Crippen LogP contribution in [0.4, 0.5) is 4.79 Å². The summed E-state index contributed by atoms with van der Waals surface area (Å²) in [7, 11) is 0. The van der Waals surface area contributed by atoms with Crippen LogP contribution >= 0.6 is 0 Å². The number of nitrogens with one attached hydrogen (secondary N) is 2. The van der Waals surface area contributed by atoms with Crippen molar-refractivity contribution in [1.82, 2.24) is 10.6 Å². The number of carboxylic acids is 1. The third-order valence-corrected chi connectivity index (χ3v) is 6.33. The largest absolute Gasteiger partial charge is 0.481 e. The van der Waals surface area contributed by atoms with E-state index < -0.39 is 24.1 Å². The topological polar surface area (TPSA) is 114 Å². The molecule has 1 unspecified atom stereocenters. The van der Waals surface area contributed by atoms with Crippen molar-refractivity contribution < 1.29 is 29.0 Å². The van der Waals surface area contributed by atoms with Crippen molar-refractivity contribution in [3.8, 4) is 11.1 Å². The van der Waals surface area contributed by atoms with E-state index in [2.05, 4.69) is 34.9 Å². The van der Waals surface area contributed by atoms with Crippen LogP contribution in [0.15, 0.2) is 48.5 Å². The van der Waals surface area contributed by atoms with Crippen LogP contribution in [-0.2, 0) is 19.1 Å². The molecule has 0 bridgehead atoms. The molecular formula is C25H28N2O6. The predicted octanol–water partition coefficient (Wildman–Crippen LogP) is 2.77. The van der Waals surface area contributed by atoms with Crippen molar-refractivity contribution in [3.05, 3.63) is 59.7 Å². The normalized spacial score (nSPS) is 19.9. The van der Waals surface area contributed by atoms with Gasteiger partial charge in [-0.3, -0.25) is 9.59 Å². The second-order valence-corrected chi connectivity index (χ2v) is 8.53. The van der Waals surface area contributed by atoms with Gasteiger partial charge < -0.3 is 25.2 Å². The molecule has 8 nitrogen and oxygen atoms in total. The highest BCUT2D eigenvalue weighted by Gasteiger charge is 2.35. The lowest BCUT2D eigenvalue weighted by atomic mass is 9.98. The van der Waals surface area contributed by atoms with E-state index in [1.807, 2.05) is 24.3 Å². The van der Waals surface area contributed by atoms with Gasteiger partial charge in [0.2, 0.25) is 5.91 Å². The molecule has 1 aliphatic heterocycles. The molecule has 2 aromatic rings. The molecule has 33 heavy (non-hydrogen) atoms. The Morgan fingerprint density at radius 1 is 1.06 bits per heavy atom. The van der Waals surface area contributed by atoms with E-state index in [4.69, 9.17) is 14.6 Å². The third-order valence-electron chi connectivity index (χ3n) is 6.33. The molecule has 0 radical (unpaired) electrons. The molecule has 2 aliphatic rings. The van der Waals surface area contributed by atoms with E-state index in [0.717, 1.165) is 22.3 Å². The molecule has 3 atom stereocenters. The minimum atomic E-state index is -0.976. The van der Waals surface area contributed by atoms with Gasteiger partial charge in [-0.15, -0.1) is 0 Å². The van der Waals surface area contributed by atoms with E-state index in [1.54, 1.807) is 0 Å². The lowest BCUT2D eigenvalue weighted by Crippen LogP contribution is -2.44. The van der Waals surface area contributed by atoms with Crippen LogP contribution in [0.25, 0.3) is 11.1 Å². The standard InChI is InChI=1S/C25H28N2O6/c1-15(24(29)30)12-26-23(28)22-16(10-11-32-22)13-27-25(31)33-14-21-19-8-4-2-6-17(19)18-7-3-5-9-20(18)21/h2-9,15-16,21-22H,10-14H2,1H3,(H,26,28)(H,27,31)(H,29,30)/t15?,16-,22-/m0/s1. The number of carboxylic acid groups (broad SMARTS) is 1. The van der Waals surface area contributed by atoms with Crippen LogP contribution < -0.4 is 10.6 Å². The number of aliphatic carboxylic acids is 1. The first-order valence-corrected chi connectivity index (χ1v) is 11.2. The molecule has 1 heterocycles. The van der Waals surface area contributed by atoms with Crippen molar-refractivity contribution in [3.63, 3.8) is 0 Å². The molecule has 1 saturated heterocycles. The Bertz CT molecular complexity index is 994. The van der Waals surface area contributed by atoms with Gasteiger partial charge in [0.05, 0.1) is 5.92 Å². The van der Waals surface area contributed by atoms with Crippen LogP contribution in [0.1, 0.15) is 30.4 Å². The van der Waals surface area contributed by atoms with Gasteiger partial charge in [0.1, 0.15) is 12.7 Å². The summed E-state index contributed by atoms with van der Waals surface area (Å²) < 4.78 is 11.1. The lowest BCUT2D eigenvalue weighted by molar-refractivity contribution is -0.141. The van der Waals surface area contributed by atoms with Crippen molar-refractivity contribution >= 4 is 18.0 Å². The van der Waals surface area contributed by atoms with Crippen molar-refractivity contribution in [2.45, 2.75) is 25.4 Å². The number of hydrogen-bond acceptors (Lipinski definition) is 5. The van der Waals surface area contributed by atoms with E-state index in [0.29, 0.717) is 13.0 Å². The Morgan fingerprint density at radius 3 is 2.33 bits per heavy atom. The van der Waals surface area contributed by atoms with Gasteiger partial charge in [0.25, 0.3) is 0 Å². The monoisotopic (exact) mass is 452 g/mol. The summed E-state index contributed by atoms with van der Waals surface area (Å²) >= 11 is 0. The predicted molar refractivity (Wildman–Crippen MR) is 121 cm³/mol. The van der Waals surface area contributed by atoms with Gasteiger partial charge in [0, 0.05) is 31.5 Å². The summed E-state index contributed by atoms with van der Waals surface area (Å²) in [6, 6.07) is 16.3. The van der Waals surface area contributed by atoms with E-state index in [-0.39, 0.29) is 37.4 Å². The first-order chi connectivity index (χ1) is 16.0. The van der Waals surface area contributed by atoms with Gasteiger partial charge in [0.15, 0.2) is 0 Å². The molecule has 4 rings (SSSR count). The molecule has 0 aromatic heterocycles. The Balaban J connectivity index is 1.28. The average Bonchev–Trinajstić information content (AvgIpc) is 3.42. The molecule has 8 heteroatoms. The summed E-state index contributed by atoms with van der Waals surface area (Å²) in [5.74, 6) is -2.25. The van der Waals surface area contributed by atoms with Crippen molar-refractivity contribution in [1.29, 1.82) is 0 Å².